The van der Waals surface area contributed by atoms with Crippen molar-refractivity contribution in [2.75, 3.05) is 17.7 Å². The van der Waals surface area contributed by atoms with E-state index in [0.29, 0.717) is 22.0 Å². The van der Waals surface area contributed by atoms with Gasteiger partial charge in [-0.2, -0.15) is 0 Å². The summed E-state index contributed by atoms with van der Waals surface area (Å²) in [5, 5.41) is 3.50. The zero-order valence-corrected chi connectivity index (χ0v) is 13.7. The molecule has 3 N–H and O–H groups in total. The molecule has 0 aromatic heterocycles. The predicted molar refractivity (Wildman–Crippen MR) is 89.2 cm³/mol. The number of hydrogen-bond acceptors (Lipinski definition) is 4. The molecule has 0 atom stereocenters. The second-order valence-electron chi connectivity index (χ2n) is 4.25. The van der Waals surface area contributed by atoms with Crippen LogP contribution in [-0.4, -0.2) is 12.6 Å². The fraction of sp³-hybridized carbons (Fsp3) is 0.133. The number of esters is 1. The Balaban J connectivity index is 2.47. The van der Waals surface area contributed by atoms with E-state index in [0.717, 1.165) is 10.2 Å². The molecule has 6 heteroatoms. The van der Waals surface area contributed by atoms with Crippen LogP contribution >= 0.6 is 27.5 Å². The van der Waals surface area contributed by atoms with Crippen LogP contribution in [0.2, 0.25) is 5.02 Å². The molecule has 2 aromatic rings. The Kier molecular flexibility index (Phi) is 5.09. The summed E-state index contributed by atoms with van der Waals surface area (Å²) < 4.78 is 5.90. The molecule has 110 valence electrons. The molecule has 0 spiro atoms. The minimum Gasteiger partial charge on any atom is -0.462 e. The normalized spacial score (nSPS) is 10.2. The van der Waals surface area contributed by atoms with E-state index in [1.54, 1.807) is 19.1 Å². The molecule has 0 fully saturated rings. The van der Waals surface area contributed by atoms with E-state index in [2.05, 4.69) is 21.2 Å². The third-order valence-electron chi connectivity index (χ3n) is 2.74. The lowest BCUT2D eigenvalue weighted by Crippen LogP contribution is -2.09. The lowest BCUT2D eigenvalue weighted by molar-refractivity contribution is 0.0527. The average molecular weight is 370 g/mol. The number of carbonyl (C=O) groups excluding carboxylic acids is 1. The van der Waals surface area contributed by atoms with Crippen LogP contribution in [0, 0.1) is 0 Å². The van der Waals surface area contributed by atoms with Gasteiger partial charge in [-0.05, 0) is 47.1 Å². The number of nitrogen functional groups attached to an aromatic ring is 1. The number of benzene rings is 2. The second-order valence-corrected chi connectivity index (χ2v) is 5.51. The maximum Gasteiger partial charge on any atom is 0.340 e. The Labute approximate surface area is 136 Å². The highest BCUT2D eigenvalue weighted by Gasteiger charge is 2.17. The number of ether oxygens (including phenoxy) is 1. The lowest BCUT2D eigenvalue weighted by atomic mass is 10.1. The maximum absolute atomic E-state index is 12.1. The fourth-order valence-corrected chi connectivity index (χ4v) is 2.48. The lowest BCUT2D eigenvalue weighted by Gasteiger charge is -2.15. The van der Waals surface area contributed by atoms with E-state index in [9.17, 15) is 4.79 Å². The summed E-state index contributed by atoms with van der Waals surface area (Å²) in [4.78, 5) is 12.1. The van der Waals surface area contributed by atoms with E-state index in [1.165, 1.54) is 0 Å². The van der Waals surface area contributed by atoms with Gasteiger partial charge >= 0.3 is 5.97 Å². The van der Waals surface area contributed by atoms with Gasteiger partial charge in [-0.3, -0.25) is 0 Å². The molecule has 0 aliphatic heterocycles. The van der Waals surface area contributed by atoms with Gasteiger partial charge in [0, 0.05) is 10.2 Å². The van der Waals surface area contributed by atoms with Crippen molar-refractivity contribution in [3.63, 3.8) is 0 Å². The van der Waals surface area contributed by atoms with Crippen molar-refractivity contribution in [1.82, 2.24) is 0 Å². The van der Waals surface area contributed by atoms with Crippen LogP contribution in [0.1, 0.15) is 17.3 Å². The van der Waals surface area contributed by atoms with Gasteiger partial charge < -0.3 is 15.8 Å². The van der Waals surface area contributed by atoms with E-state index >= 15 is 0 Å². The maximum atomic E-state index is 12.1. The first-order chi connectivity index (χ1) is 10.0. The van der Waals surface area contributed by atoms with Crippen LogP contribution in [0.3, 0.4) is 0 Å². The Hall–Kier alpha value is -1.72. The zero-order valence-electron chi connectivity index (χ0n) is 11.3. The van der Waals surface area contributed by atoms with Crippen LogP contribution in [0.4, 0.5) is 17.1 Å². The molecule has 0 saturated heterocycles. The minimum atomic E-state index is -0.471. The molecule has 21 heavy (non-hydrogen) atoms. The second kappa shape index (κ2) is 6.83. The zero-order chi connectivity index (χ0) is 15.4. The van der Waals surface area contributed by atoms with Crippen molar-refractivity contribution in [1.29, 1.82) is 0 Å². The number of halogens is 2. The Morgan fingerprint density at radius 2 is 2.10 bits per heavy atom. The molecule has 0 bridgehead atoms. The van der Waals surface area contributed by atoms with Crippen molar-refractivity contribution in [2.24, 2.45) is 0 Å². The van der Waals surface area contributed by atoms with Gasteiger partial charge in [0.05, 0.1) is 28.6 Å². The first-order valence-corrected chi connectivity index (χ1v) is 7.47. The van der Waals surface area contributed by atoms with Gasteiger partial charge in [-0.15, -0.1) is 0 Å². The Morgan fingerprint density at radius 1 is 1.38 bits per heavy atom. The van der Waals surface area contributed by atoms with E-state index in [-0.39, 0.29) is 6.61 Å². The van der Waals surface area contributed by atoms with Crippen LogP contribution < -0.4 is 11.1 Å². The van der Waals surface area contributed by atoms with E-state index < -0.39 is 5.97 Å². The fourth-order valence-electron chi connectivity index (χ4n) is 1.82. The smallest absolute Gasteiger partial charge is 0.340 e. The first-order valence-electron chi connectivity index (χ1n) is 6.30. The molecule has 0 aliphatic carbocycles. The number of hydrogen-bond donors (Lipinski definition) is 2. The third-order valence-corrected chi connectivity index (χ3v) is 3.73. The summed E-state index contributed by atoms with van der Waals surface area (Å²) in [6, 6.07) is 10.7. The highest BCUT2D eigenvalue weighted by atomic mass is 79.9. The number of nitrogens with one attached hydrogen (secondary N) is 1. The number of anilines is 3. The molecule has 2 rings (SSSR count). The van der Waals surface area contributed by atoms with Gasteiger partial charge in [0.2, 0.25) is 0 Å². The van der Waals surface area contributed by atoms with Gasteiger partial charge in [-0.1, -0.05) is 23.7 Å². The predicted octanol–water partition coefficient (Wildman–Crippen LogP) is 4.61. The van der Waals surface area contributed by atoms with Gasteiger partial charge in [-0.25, -0.2) is 4.79 Å². The highest BCUT2D eigenvalue weighted by molar-refractivity contribution is 9.10. The van der Waals surface area contributed by atoms with Gasteiger partial charge in [0.25, 0.3) is 0 Å². The van der Waals surface area contributed by atoms with Crippen molar-refractivity contribution < 1.29 is 9.53 Å². The molecule has 2 aromatic carbocycles. The van der Waals surface area contributed by atoms with Gasteiger partial charge in [0.15, 0.2) is 0 Å². The van der Waals surface area contributed by atoms with E-state index in [1.807, 2.05) is 24.3 Å². The summed E-state index contributed by atoms with van der Waals surface area (Å²) in [6.07, 6.45) is 0. The standard InChI is InChI=1S/C15H14BrClN2O2/c1-2-21-15(20)10-7-9(18)8-12(17)14(10)19-13-6-4-3-5-11(13)16/h3-8,19H,2,18H2,1H3. The number of carbonyl (C=O) groups is 1. The summed E-state index contributed by atoms with van der Waals surface area (Å²) in [5.41, 5.74) is 7.72. The molecule has 0 heterocycles. The number of nitrogens with two attached hydrogens (primary N) is 1. The van der Waals surface area contributed by atoms with E-state index in [4.69, 9.17) is 22.1 Å². The number of para-hydroxylation sites is 1. The largest absolute Gasteiger partial charge is 0.462 e. The molecular weight excluding hydrogens is 356 g/mol. The molecule has 0 unspecified atom stereocenters. The number of rotatable bonds is 4. The van der Waals surface area contributed by atoms with Crippen LogP contribution in [-0.2, 0) is 4.74 Å². The molecule has 0 saturated carbocycles. The first kappa shape index (κ1) is 15.7. The van der Waals surface area contributed by atoms with Crippen molar-refractivity contribution in [3.8, 4) is 0 Å². The molecule has 4 nitrogen and oxygen atoms in total. The summed E-state index contributed by atoms with van der Waals surface area (Å²) >= 11 is 9.65. The average Bonchev–Trinajstić information content (AvgIpc) is 2.43. The third kappa shape index (κ3) is 3.68. The Bertz CT molecular complexity index is 677. The summed E-state index contributed by atoms with van der Waals surface area (Å²) in [6.45, 7) is 2.02. The molecular formula is C15H14BrClN2O2. The van der Waals surface area contributed by atoms with Crippen LogP contribution in [0.5, 0.6) is 0 Å². The van der Waals surface area contributed by atoms with Crippen molar-refractivity contribution in [3.05, 3.63) is 51.5 Å². The molecule has 0 amide bonds. The quantitative estimate of drug-likeness (QED) is 0.610. The molecule has 0 aliphatic rings. The van der Waals surface area contributed by atoms with Crippen LogP contribution in [0.15, 0.2) is 40.9 Å². The Morgan fingerprint density at radius 3 is 2.76 bits per heavy atom. The van der Waals surface area contributed by atoms with Crippen molar-refractivity contribution in [2.45, 2.75) is 6.92 Å². The van der Waals surface area contributed by atoms with Gasteiger partial charge in [0.1, 0.15) is 0 Å². The topological polar surface area (TPSA) is 64.3 Å². The SMILES string of the molecule is CCOC(=O)c1cc(N)cc(Cl)c1Nc1ccccc1Br. The highest BCUT2D eigenvalue weighted by Crippen LogP contribution is 2.34. The monoisotopic (exact) mass is 368 g/mol. The van der Waals surface area contributed by atoms with Crippen molar-refractivity contribution >= 4 is 50.6 Å². The summed E-state index contributed by atoms with van der Waals surface area (Å²) in [7, 11) is 0. The molecule has 0 radical (unpaired) electrons. The van der Waals surface area contributed by atoms with Crippen LogP contribution in [0.25, 0.3) is 0 Å². The minimum absolute atomic E-state index is 0.278. The summed E-state index contributed by atoms with van der Waals surface area (Å²) in [5.74, 6) is -0.471.